The molecule has 17 heavy (non-hydrogen) atoms. The number of hydrogen-bond donors (Lipinski definition) is 2. The maximum absolute atomic E-state index is 10.8. The van der Waals surface area contributed by atoms with Crippen LogP contribution in [-0.4, -0.2) is 23.2 Å². The van der Waals surface area contributed by atoms with Crippen molar-refractivity contribution in [3.05, 3.63) is 34.3 Å². The van der Waals surface area contributed by atoms with E-state index in [0.29, 0.717) is 6.42 Å². The van der Waals surface area contributed by atoms with Crippen LogP contribution in [-0.2, 0) is 11.2 Å². The molecule has 1 aliphatic rings. The Bertz CT molecular complexity index is 433. The Morgan fingerprint density at radius 1 is 1.53 bits per heavy atom. The number of benzene rings is 1. The number of carbonyl (C=O) groups is 1. The zero-order valence-corrected chi connectivity index (χ0v) is 10.5. The summed E-state index contributed by atoms with van der Waals surface area (Å²) in [7, 11) is 0. The van der Waals surface area contributed by atoms with Gasteiger partial charge >= 0.3 is 5.97 Å². The molecule has 2 N–H and O–H groups in total. The van der Waals surface area contributed by atoms with Gasteiger partial charge in [-0.2, -0.15) is 0 Å². The molecular formula is C13H16ClNO2. The maximum atomic E-state index is 10.8. The fourth-order valence-corrected chi connectivity index (χ4v) is 2.57. The molecule has 1 aliphatic heterocycles. The van der Waals surface area contributed by atoms with Gasteiger partial charge in [-0.1, -0.05) is 23.7 Å². The molecular weight excluding hydrogens is 238 g/mol. The van der Waals surface area contributed by atoms with Gasteiger partial charge in [0.2, 0.25) is 0 Å². The molecule has 1 aromatic rings. The standard InChI is InChI=1S/C13H16ClNO2/c1-8-2-3-9(11(14)6-8)7-10-4-5-12(15-10)13(16)17/h2-3,6,10,12,15H,4-5,7H2,1H3,(H,16,17). The van der Waals surface area contributed by atoms with Crippen molar-refractivity contribution >= 4 is 17.6 Å². The second-order valence-electron chi connectivity index (χ2n) is 4.63. The number of aryl methyl sites for hydroxylation is 1. The van der Waals surface area contributed by atoms with E-state index in [1.807, 2.05) is 25.1 Å². The van der Waals surface area contributed by atoms with Gasteiger partial charge in [-0.05, 0) is 43.4 Å². The monoisotopic (exact) mass is 253 g/mol. The van der Waals surface area contributed by atoms with Gasteiger partial charge in [0.1, 0.15) is 6.04 Å². The third-order valence-electron chi connectivity index (χ3n) is 3.21. The number of hydrogen-bond acceptors (Lipinski definition) is 2. The van der Waals surface area contributed by atoms with Crippen LogP contribution < -0.4 is 5.32 Å². The Morgan fingerprint density at radius 3 is 2.88 bits per heavy atom. The number of carboxylic acid groups (broad SMARTS) is 1. The second kappa shape index (κ2) is 5.07. The van der Waals surface area contributed by atoms with Crippen molar-refractivity contribution in [1.29, 1.82) is 0 Å². The highest BCUT2D eigenvalue weighted by atomic mass is 35.5. The summed E-state index contributed by atoms with van der Waals surface area (Å²) < 4.78 is 0. The molecule has 0 amide bonds. The SMILES string of the molecule is Cc1ccc(CC2CCC(C(=O)O)N2)c(Cl)c1. The predicted molar refractivity (Wildman–Crippen MR) is 67.5 cm³/mol. The third-order valence-corrected chi connectivity index (χ3v) is 3.57. The summed E-state index contributed by atoms with van der Waals surface area (Å²) in [5, 5.41) is 12.8. The molecule has 0 bridgehead atoms. The lowest BCUT2D eigenvalue weighted by Crippen LogP contribution is -2.36. The molecule has 0 radical (unpaired) electrons. The molecule has 92 valence electrons. The minimum absolute atomic E-state index is 0.219. The fraction of sp³-hybridized carbons (Fsp3) is 0.462. The van der Waals surface area contributed by atoms with E-state index in [2.05, 4.69) is 5.32 Å². The van der Waals surface area contributed by atoms with E-state index in [1.54, 1.807) is 0 Å². The summed E-state index contributed by atoms with van der Waals surface area (Å²) in [5.41, 5.74) is 2.22. The van der Waals surface area contributed by atoms with Crippen LogP contribution in [0.1, 0.15) is 24.0 Å². The van der Waals surface area contributed by atoms with Crippen LogP contribution in [0.5, 0.6) is 0 Å². The first-order valence-corrected chi connectivity index (χ1v) is 6.18. The number of nitrogens with one attached hydrogen (secondary N) is 1. The third kappa shape index (κ3) is 2.99. The molecule has 2 unspecified atom stereocenters. The van der Waals surface area contributed by atoms with Crippen LogP contribution >= 0.6 is 11.6 Å². The molecule has 1 aromatic carbocycles. The van der Waals surface area contributed by atoms with E-state index in [-0.39, 0.29) is 6.04 Å². The molecule has 0 saturated carbocycles. The lowest BCUT2D eigenvalue weighted by Gasteiger charge is -2.13. The second-order valence-corrected chi connectivity index (χ2v) is 5.04. The van der Waals surface area contributed by atoms with Crippen molar-refractivity contribution in [2.24, 2.45) is 0 Å². The molecule has 0 aliphatic carbocycles. The molecule has 2 atom stereocenters. The fourth-order valence-electron chi connectivity index (χ4n) is 2.26. The van der Waals surface area contributed by atoms with Crippen molar-refractivity contribution in [3.63, 3.8) is 0 Å². The Labute approximate surface area is 106 Å². The molecule has 2 rings (SSSR count). The normalized spacial score (nSPS) is 23.9. The molecule has 0 aromatic heterocycles. The quantitative estimate of drug-likeness (QED) is 0.870. The van der Waals surface area contributed by atoms with Crippen LogP contribution in [0.3, 0.4) is 0 Å². The van der Waals surface area contributed by atoms with Crippen molar-refractivity contribution in [2.45, 2.75) is 38.3 Å². The molecule has 0 spiro atoms. The number of halogens is 1. The zero-order valence-electron chi connectivity index (χ0n) is 9.74. The molecule has 1 saturated heterocycles. The van der Waals surface area contributed by atoms with Gasteiger partial charge in [-0.15, -0.1) is 0 Å². The Balaban J connectivity index is 2.00. The average molecular weight is 254 g/mol. The largest absolute Gasteiger partial charge is 0.480 e. The van der Waals surface area contributed by atoms with Crippen molar-refractivity contribution in [2.75, 3.05) is 0 Å². The van der Waals surface area contributed by atoms with E-state index in [0.717, 1.165) is 29.0 Å². The molecule has 3 nitrogen and oxygen atoms in total. The topological polar surface area (TPSA) is 49.3 Å². The minimum Gasteiger partial charge on any atom is -0.480 e. The van der Waals surface area contributed by atoms with Gasteiger partial charge in [0, 0.05) is 11.1 Å². The van der Waals surface area contributed by atoms with E-state index in [1.165, 1.54) is 0 Å². The highest BCUT2D eigenvalue weighted by Crippen LogP contribution is 2.22. The van der Waals surface area contributed by atoms with Crippen molar-refractivity contribution in [3.8, 4) is 0 Å². The summed E-state index contributed by atoms with van der Waals surface area (Å²) in [6.07, 6.45) is 2.38. The molecule has 1 fully saturated rings. The molecule has 4 heteroatoms. The van der Waals surface area contributed by atoms with E-state index in [4.69, 9.17) is 16.7 Å². The summed E-state index contributed by atoms with van der Waals surface area (Å²) in [4.78, 5) is 10.8. The van der Waals surface area contributed by atoms with Gasteiger partial charge in [-0.25, -0.2) is 0 Å². The van der Waals surface area contributed by atoms with Crippen LogP contribution in [0.4, 0.5) is 0 Å². The van der Waals surface area contributed by atoms with Gasteiger partial charge in [0.15, 0.2) is 0 Å². The Kier molecular flexibility index (Phi) is 3.69. The van der Waals surface area contributed by atoms with E-state index < -0.39 is 12.0 Å². The first-order chi connectivity index (χ1) is 8.06. The van der Waals surface area contributed by atoms with Crippen LogP contribution in [0.15, 0.2) is 18.2 Å². The number of carboxylic acids is 1. The van der Waals surface area contributed by atoms with Gasteiger partial charge in [0.25, 0.3) is 0 Å². The first-order valence-electron chi connectivity index (χ1n) is 5.80. The van der Waals surface area contributed by atoms with Gasteiger partial charge in [0.05, 0.1) is 0 Å². The lowest BCUT2D eigenvalue weighted by molar-refractivity contribution is -0.139. The van der Waals surface area contributed by atoms with Gasteiger partial charge in [-0.3, -0.25) is 4.79 Å². The van der Waals surface area contributed by atoms with Gasteiger partial charge < -0.3 is 10.4 Å². The lowest BCUT2D eigenvalue weighted by atomic mass is 10.0. The van der Waals surface area contributed by atoms with Crippen molar-refractivity contribution in [1.82, 2.24) is 5.32 Å². The number of aliphatic carboxylic acids is 1. The highest BCUT2D eigenvalue weighted by Gasteiger charge is 2.28. The summed E-state index contributed by atoms with van der Waals surface area (Å²) in [6, 6.07) is 5.82. The van der Waals surface area contributed by atoms with Crippen LogP contribution in [0.25, 0.3) is 0 Å². The minimum atomic E-state index is -0.762. The zero-order chi connectivity index (χ0) is 12.4. The average Bonchev–Trinajstić information content (AvgIpc) is 2.71. The highest BCUT2D eigenvalue weighted by molar-refractivity contribution is 6.31. The van der Waals surface area contributed by atoms with Crippen molar-refractivity contribution < 1.29 is 9.90 Å². The van der Waals surface area contributed by atoms with E-state index >= 15 is 0 Å². The summed E-state index contributed by atoms with van der Waals surface area (Å²) in [5.74, 6) is -0.762. The number of rotatable bonds is 3. The van der Waals surface area contributed by atoms with Crippen LogP contribution in [0, 0.1) is 6.92 Å². The Hall–Kier alpha value is -1.06. The molecule has 1 heterocycles. The van der Waals surface area contributed by atoms with E-state index in [9.17, 15) is 4.79 Å². The maximum Gasteiger partial charge on any atom is 0.320 e. The summed E-state index contributed by atoms with van der Waals surface area (Å²) in [6.45, 7) is 2.00. The Morgan fingerprint density at radius 2 is 2.29 bits per heavy atom. The van der Waals surface area contributed by atoms with Crippen LogP contribution in [0.2, 0.25) is 5.02 Å². The first kappa shape index (κ1) is 12.4. The predicted octanol–water partition coefficient (Wildman–Crippen LogP) is 2.40. The summed E-state index contributed by atoms with van der Waals surface area (Å²) >= 11 is 6.16. The smallest absolute Gasteiger partial charge is 0.320 e.